The largest absolute Gasteiger partial charge is 0.228 e. The van der Waals surface area contributed by atoms with Crippen LogP contribution < -0.4 is 5.14 Å². The fraction of sp³-hybridized carbons (Fsp3) is 0.714. The second-order valence-corrected chi connectivity index (χ2v) is 5.68. The molecule has 0 rings (SSSR count). The molecule has 6 heteroatoms. The van der Waals surface area contributed by atoms with E-state index in [0.29, 0.717) is 6.42 Å². The van der Waals surface area contributed by atoms with Crippen LogP contribution in [0, 0.1) is 5.92 Å². The van der Waals surface area contributed by atoms with Gasteiger partial charge in [-0.1, -0.05) is 6.92 Å². The molecule has 0 aliphatic rings. The summed E-state index contributed by atoms with van der Waals surface area (Å²) in [6.07, 6.45) is 1.63. The first-order chi connectivity index (χ1) is 5.75. The number of primary sulfonamides is 1. The van der Waals surface area contributed by atoms with Crippen molar-refractivity contribution in [2.24, 2.45) is 11.1 Å². The molecule has 0 fully saturated rings. The summed E-state index contributed by atoms with van der Waals surface area (Å²) in [6.45, 7) is 3.22. The number of halogens is 2. The van der Waals surface area contributed by atoms with Crippen LogP contribution in [-0.2, 0) is 10.0 Å². The zero-order valence-corrected chi connectivity index (χ0v) is 9.90. The number of nitrogens with two attached hydrogens (primary N) is 1. The maximum atomic E-state index is 12.2. The molecule has 0 unspecified atom stereocenters. The Morgan fingerprint density at radius 2 is 2.08 bits per heavy atom. The van der Waals surface area contributed by atoms with E-state index in [-0.39, 0.29) is 5.92 Å². The molecule has 2 N–H and O–H groups in total. The zero-order chi connectivity index (χ0) is 10.6. The lowest BCUT2D eigenvalue weighted by atomic mass is 10.1. The SMILES string of the molecule is C[C@H]([C@@H](C)CC=C(F)Br)S(N)(=O)=O. The van der Waals surface area contributed by atoms with Crippen molar-refractivity contribution in [1.29, 1.82) is 0 Å². The van der Waals surface area contributed by atoms with Crippen molar-refractivity contribution >= 4 is 26.0 Å². The average Bonchev–Trinajstić information content (AvgIpc) is 1.96. The molecule has 3 nitrogen and oxygen atoms in total. The van der Waals surface area contributed by atoms with Gasteiger partial charge in [-0.15, -0.1) is 0 Å². The lowest BCUT2D eigenvalue weighted by Crippen LogP contribution is -2.31. The zero-order valence-electron chi connectivity index (χ0n) is 7.50. The van der Waals surface area contributed by atoms with Crippen LogP contribution in [0.15, 0.2) is 10.8 Å². The van der Waals surface area contributed by atoms with Crippen LogP contribution in [-0.4, -0.2) is 13.7 Å². The Labute approximate surface area is 86.4 Å². The third-order valence-electron chi connectivity index (χ3n) is 1.96. The van der Waals surface area contributed by atoms with Crippen LogP contribution >= 0.6 is 15.9 Å². The monoisotopic (exact) mass is 273 g/mol. The van der Waals surface area contributed by atoms with Gasteiger partial charge in [0.1, 0.15) is 0 Å². The standard InChI is InChI=1S/C7H13BrFNO2S/c1-5(3-4-7(8)9)6(2)13(10,11)12/h4-6H,3H2,1-2H3,(H2,10,11,12)/t5-,6+/m0/s1. The minimum absolute atomic E-state index is 0.196. The summed E-state index contributed by atoms with van der Waals surface area (Å²) in [5.74, 6) is -0.196. The molecular formula is C7H13BrFNO2S. The highest BCUT2D eigenvalue weighted by atomic mass is 79.9. The van der Waals surface area contributed by atoms with Crippen molar-refractivity contribution in [3.05, 3.63) is 10.8 Å². The lowest BCUT2D eigenvalue weighted by molar-refractivity contribution is 0.522. The van der Waals surface area contributed by atoms with Gasteiger partial charge >= 0.3 is 0 Å². The average molecular weight is 274 g/mol. The summed E-state index contributed by atoms with van der Waals surface area (Å²) in [5, 5.41) is 4.28. The van der Waals surface area contributed by atoms with Crippen molar-refractivity contribution < 1.29 is 12.8 Å². The van der Waals surface area contributed by atoms with Gasteiger partial charge < -0.3 is 0 Å². The van der Waals surface area contributed by atoms with Gasteiger partial charge in [0, 0.05) is 0 Å². The highest BCUT2D eigenvalue weighted by molar-refractivity contribution is 9.11. The quantitative estimate of drug-likeness (QED) is 0.851. The highest BCUT2D eigenvalue weighted by Gasteiger charge is 2.21. The van der Waals surface area contributed by atoms with Crippen LogP contribution in [0.4, 0.5) is 4.39 Å². The van der Waals surface area contributed by atoms with E-state index in [0.717, 1.165) is 0 Å². The first-order valence-corrected chi connectivity index (χ1v) is 6.18. The number of allylic oxidation sites excluding steroid dienone is 1. The minimum Gasteiger partial charge on any atom is -0.228 e. The Bertz CT molecular complexity index is 285. The molecule has 0 aliphatic carbocycles. The Morgan fingerprint density at radius 3 is 2.38 bits per heavy atom. The van der Waals surface area contributed by atoms with Crippen molar-refractivity contribution in [2.45, 2.75) is 25.5 Å². The van der Waals surface area contributed by atoms with Gasteiger partial charge in [0.2, 0.25) is 10.0 Å². The Hall–Kier alpha value is 0.0600. The fourth-order valence-electron chi connectivity index (χ4n) is 0.790. The summed E-state index contributed by atoms with van der Waals surface area (Å²) in [5.41, 5.74) is 0. The van der Waals surface area contributed by atoms with Gasteiger partial charge in [0.15, 0.2) is 4.74 Å². The van der Waals surface area contributed by atoms with E-state index in [1.54, 1.807) is 6.92 Å². The van der Waals surface area contributed by atoms with E-state index in [1.807, 2.05) is 0 Å². The predicted molar refractivity (Wildman–Crippen MR) is 54.5 cm³/mol. The second-order valence-electron chi connectivity index (χ2n) is 3.00. The van der Waals surface area contributed by atoms with Crippen molar-refractivity contribution in [3.8, 4) is 0 Å². The van der Waals surface area contributed by atoms with E-state index in [4.69, 9.17) is 5.14 Å². The molecule has 0 aliphatic heterocycles. The molecule has 0 bridgehead atoms. The number of rotatable bonds is 4. The van der Waals surface area contributed by atoms with Crippen LogP contribution in [0.2, 0.25) is 0 Å². The van der Waals surface area contributed by atoms with Gasteiger partial charge in [0.05, 0.1) is 5.25 Å². The van der Waals surface area contributed by atoms with Gasteiger partial charge in [-0.05, 0) is 41.3 Å². The first-order valence-electron chi connectivity index (χ1n) is 3.78. The maximum absolute atomic E-state index is 12.2. The summed E-state index contributed by atoms with van der Waals surface area (Å²) >= 11 is 2.62. The molecule has 0 saturated heterocycles. The molecular weight excluding hydrogens is 261 g/mol. The van der Waals surface area contributed by atoms with Crippen LogP contribution in [0.5, 0.6) is 0 Å². The maximum Gasteiger partial charge on any atom is 0.211 e. The molecule has 0 aromatic rings. The highest BCUT2D eigenvalue weighted by Crippen LogP contribution is 2.17. The lowest BCUT2D eigenvalue weighted by Gasteiger charge is -2.15. The normalized spacial score (nSPS) is 18.4. The minimum atomic E-state index is -3.52. The molecule has 0 amide bonds. The molecule has 0 spiro atoms. The van der Waals surface area contributed by atoms with Crippen LogP contribution in [0.3, 0.4) is 0 Å². The number of hydrogen-bond acceptors (Lipinski definition) is 2. The third-order valence-corrected chi connectivity index (χ3v) is 3.79. The summed E-state index contributed by atoms with van der Waals surface area (Å²) in [6, 6.07) is 0. The van der Waals surface area contributed by atoms with Crippen LogP contribution in [0.25, 0.3) is 0 Å². The molecule has 78 valence electrons. The van der Waals surface area contributed by atoms with E-state index < -0.39 is 20.0 Å². The Balaban J connectivity index is 4.29. The Morgan fingerprint density at radius 1 is 1.62 bits per heavy atom. The van der Waals surface area contributed by atoms with Crippen LogP contribution in [0.1, 0.15) is 20.3 Å². The molecule has 13 heavy (non-hydrogen) atoms. The van der Waals surface area contributed by atoms with Crippen molar-refractivity contribution in [2.75, 3.05) is 0 Å². The van der Waals surface area contributed by atoms with E-state index in [9.17, 15) is 12.8 Å². The predicted octanol–water partition coefficient (Wildman–Crippen LogP) is 1.90. The molecule has 0 radical (unpaired) electrons. The van der Waals surface area contributed by atoms with Crippen molar-refractivity contribution in [1.82, 2.24) is 0 Å². The fourth-order valence-corrected chi connectivity index (χ4v) is 1.74. The molecule has 0 aromatic carbocycles. The molecule has 2 atom stereocenters. The third kappa shape index (κ3) is 5.38. The molecule has 0 saturated carbocycles. The molecule has 0 aromatic heterocycles. The Kier molecular flexibility index (Phi) is 5.09. The smallest absolute Gasteiger partial charge is 0.211 e. The number of hydrogen-bond donors (Lipinski definition) is 1. The second kappa shape index (κ2) is 5.07. The summed E-state index contributed by atoms with van der Waals surface area (Å²) in [7, 11) is -3.52. The van der Waals surface area contributed by atoms with E-state index >= 15 is 0 Å². The van der Waals surface area contributed by atoms with E-state index in [2.05, 4.69) is 15.9 Å². The summed E-state index contributed by atoms with van der Waals surface area (Å²) < 4.78 is 33.5. The first kappa shape index (κ1) is 13.1. The number of sulfonamides is 1. The van der Waals surface area contributed by atoms with Crippen molar-refractivity contribution in [3.63, 3.8) is 0 Å². The molecule has 0 heterocycles. The van der Waals surface area contributed by atoms with Gasteiger partial charge in [-0.2, -0.15) is 4.39 Å². The van der Waals surface area contributed by atoms with Gasteiger partial charge in [0.25, 0.3) is 0 Å². The topological polar surface area (TPSA) is 60.2 Å². The summed E-state index contributed by atoms with van der Waals surface area (Å²) in [4.78, 5) is 0. The van der Waals surface area contributed by atoms with Gasteiger partial charge in [-0.3, -0.25) is 0 Å². The van der Waals surface area contributed by atoms with E-state index in [1.165, 1.54) is 13.0 Å². The van der Waals surface area contributed by atoms with Gasteiger partial charge in [-0.25, -0.2) is 13.6 Å².